The number of thiocarbonyl (C=S) groups is 1. The van der Waals surface area contributed by atoms with Crippen molar-refractivity contribution in [2.75, 3.05) is 11.9 Å². The first kappa shape index (κ1) is 15.7. The second kappa shape index (κ2) is 7.38. The summed E-state index contributed by atoms with van der Waals surface area (Å²) in [5.74, 6) is -0.222. The maximum absolute atomic E-state index is 12.8. The molecule has 0 saturated heterocycles. The molecular formula is C16H16ClFN2S. The number of hydrogen-bond donors (Lipinski definition) is 2. The van der Waals surface area contributed by atoms with Crippen molar-refractivity contribution in [2.45, 2.75) is 13.3 Å². The minimum atomic E-state index is -0.222. The Balaban J connectivity index is 1.82. The smallest absolute Gasteiger partial charge is 0.170 e. The summed E-state index contributed by atoms with van der Waals surface area (Å²) in [6, 6.07) is 12.1. The average molecular weight is 323 g/mol. The zero-order chi connectivity index (χ0) is 15.2. The van der Waals surface area contributed by atoms with Crippen LogP contribution in [0.3, 0.4) is 0 Å². The maximum Gasteiger partial charge on any atom is 0.170 e. The van der Waals surface area contributed by atoms with E-state index in [2.05, 4.69) is 10.6 Å². The maximum atomic E-state index is 12.8. The van der Waals surface area contributed by atoms with Crippen LogP contribution in [0.2, 0.25) is 5.02 Å². The summed E-state index contributed by atoms with van der Waals surface area (Å²) in [6.45, 7) is 2.66. The largest absolute Gasteiger partial charge is 0.362 e. The highest BCUT2D eigenvalue weighted by molar-refractivity contribution is 7.80. The summed E-state index contributed by atoms with van der Waals surface area (Å²) >= 11 is 11.2. The number of rotatable bonds is 4. The van der Waals surface area contributed by atoms with Crippen molar-refractivity contribution < 1.29 is 4.39 Å². The molecule has 2 aromatic rings. The van der Waals surface area contributed by atoms with Gasteiger partial charge in [0.25, 0.3) is 0 Å². The van der Waals surface area contributed by atoms with Crippen LogP contribution in [0.1, 0.15) is 11.1 Å². The van der Waals surface area contributed by atoms with Crippen LogP contribution < -0.4 is 10.6 Å². The van der Waals surface area contributed by atoms with Gasteiger partial charge in [0.1, 0.15) is 5.82 Å². The molecule has 110 valence electrons. The molecule has 0 saturated carbocycles. The molecule has 0 aliphatic rings. The van der Waals surface area contributed by atoms with E-state index in [0.29, 0.717) is 16.7 Å². The van der Waals surface area contributed by atoms with Gasteiger partial charge in [-0.15, -0.1) is 0 Å². The van der Waals surface area contributed by atoms with E-state index in [0.717, 1.165) is 23.2 Å². The molecule has 0 unspecified atom stereocenters. The summed E-state index contributed by atoms with van der Waals surface area (Å²) in [7, 11) is 0. The van der Waals surface area contributed by atoms with E-state index in [4.69, 9.17) is 23.8 Å². The molecule has 0 heterocycles. The minimum absolute atomic E-state index is 0.222. The third-order valence-electron chi connectivity index (χ3n) is 3.06. The van der Waals surface area contributed by atoms with E-state index in [1.807, 2.05) is 25.1 Å². The van der Waals surface area contributed by atoms with E-state index in [1.54, 1.807) is 12.1 Å². The minimum Gasteiger partial charge on any atom is -0.362 e. The molecule has 2 nitrogen and oxygen atoms in total. The number of aryl methyl sites for hydroxylation is 1. The lowest BCUT2D eigenvalue weighted by molar-refractivity contribution is 0.627. The van der Waals surface area contributed by atoms with Gasteiger partial charge in [-0.3, -0.25) is 0 Å². The van der Waals surface area contributed by atoms with Gasteiger partial charge in [-0.25, -0.2) is 4.39 Å². The quantitative estimate of drug-likeness (QED) is 0.820. The Kier molecular flexibility index (Phi) is 5.53. The normalized spacial score (nSPS) is 10.2. The molecule has 2 aromatic carbocycles. The highest BCUT2D eigenvalue weighted by Crippen LogP contribution is 2.19. The Morgan fingerprint density at radius 1 is 1.19 bits per heavy atom. The molecule has 21 heavy (non-hydrogen) atoms. The first-order valence-corrected chi connectivity index (χ1v) is 7.38. The number of hydrogen-bond acceptors (Lipinski definition) is 1. The van der Waals surface area contributed by atoms with Gasteiger partial charge in [-0.2, -0.15) is 0 Å². The van der Waals surface area contributed by atoms with Crippen molar-refractivity contribution >= 4 is 34.6 Å². The molecule has 0 atom stereocenters. The second-order valence-electron chi connectivity index (χ2n) is 4.72. The first-order valence-electron chi connectivity index (χ1n) is 6.60. The van der Waals surface area contributed by atoms with Crippen molar-refractivity contribution in [1.82, 2.24) is 5.32 Å². The van der Waals surface area contributed by atoms with E-state index >= 15 is 0 Å². The van der Waals surface area contributed by atoms with E-state index in [1.165, 1.54) is 12.1 Å². The summed E-state index contributed by atoms with van der Waals surface area (Å²) < 4.78 is 12.8. The first-order chi connectivity index (χ1) is 10.0. The molecule has 0 aromatic heterocycles. The van der Waals surface area contributed by atoms with E-state index in [9.17, 15) is 4.39 Å². The van der Waals surface area contributed by atoms with Crippen molar-refractivity contribution in [1.29, 1.82) is 0 Å². The fraction of sp³-hybridized carbons (Fsp3) is 0.188. The fourth-order valence-corrected chi connectivity index (χ4v) is 2.25. The second-order valence-corrected chi connectivity index (χ2v) is 5.56. The van der Waals surface area contributed by atoms with Gasteiger partial charge in [0.2, 0.25) is 0 Å². The number of benzene rings is 2. The van der Waals surface area contributed by atoms with Crippen LogP contribution in [0.4, 0.5) is 10.1 Å². The molecule has 0 spiro atoms. The fourth-order valence-electron chi connectivity index (χ4n) is 1.87. The van der Waals surface area contributed by atoms with Crippen LogP contribution in [0.25, 0.3) is 0 Å². The van der Waals surface area contributed by atoms with Crippen molar-refractivity contribution in [3.63, 3.8) is 0 Å². The zero-order valence-electron chi connectivity index (χ0n) is 11.6. The van der Waals surface area contributed by atoms with Gasteiger partial charge in [-0.1, -0.05) is 29.8 Å². The van der Waals surface area contributed by atoms with Crippen LogP contribution in [0.15, 0.2) is 42.5 Å². The highest BCUT2D eigenvalue weighted by atomic mass is 35.5. The standard InChI is InChI=1S/C16H16ClFN2S/c1-11-2-5-13(17)10-15(11)20-16(21)19-9-8-12-3-6-14(18)7-4-12/h2-7,10H,8-9H2,1H3,(H2,19,20,21). The lowest BCUT2D eigenvalue weighted by atomic mass is 10.1. The predicted octanol–water partition coefficient (Wildman–Crippen LogP) is 4.32. The van der Waals surface area contributed by atoms with Gasteiger partial charge >= 0.3 is 0 Å². The van der Waals surface area contributed by atoms with Crippen LogP contribution >= 0.6 is 23.8 Å². The molecule has 2 rings (SSSR count). The third kappa shape index (κ3) is 4.99. The Morgan fingerprint density at radius 3 is 2.62 bits per heavy atom. The van der Waals surface area contributed by atoms with Crippen molar-refractivity contribution in [3.8, 4) is 0 Å². The van der Waals surface area contributed by atoms with Crippen LogP contribution in [-0.4, -0.2) is 11.7 Å². The summed E-state index contributed by atoms with van der Waals surface area (Å²) in [5.41, 5.74) is 3.02. The lowest BCUT2D eigenvalue weighted by Crippen LogP contribution is -2.30. The molecule has 0 fully saturated rings. The molecule has 2 N–H and O–H groups in total. The molecule has 0 aliphatic carbocycles. The third-order valence-corrected chi connectivity index (χ3v) is 3.54. The zero-order valence-corrected chi connectivity index (χ0v) is 13.2. The SMILES string of the molecule is Cc1ccc(Cl)cc1NC(=S)NCCc1ccc(F)cc1. The van der Waals surface area contributed by atoms with E-state index < -0.39 is 0 Å². The monoisotopic (exact) mass is 322 g/mol. The molecule has 0 radical (unpaired) electrons. The lowest BCUT2D eigenvalue weighted by Gasteiger charge is -2.12. The Bertz CT molecular complexity index is 629. The Labute approximate surface area is 134 Å². The number of nitrogens with one attached hydrogen (secondary N) is 2. The van der Waals surface area contributed by atoms with Gasteiger partial charge in [0.15, 0.2) is 5.11 Å². The topological polar surface area (TPSA) is 24.1 Å². The highest BCUT2D eigenvalue weighted by Gasteiger charge is 2.02. The van der Waals surface area contributed by atoms with E-state index in [-0.39, 0.29) is 5.82 Å². The molecule has 0 bridgehead atoms. The summed E-state index contributed by atoms with van der Waals surface area (Å²) in [4.78, 5) is 0. The number of anilines is 1. The van der Waals surface area contributed by atoms with Gasteiger partial charge < -0.3 is 10.6 Å². The van der Waals surface area contributed by atoms with Gasteiger partial charge in [-0.05, 0) is 61.0 Å². The van der Waals surface area contributed by atoms with Crippen LogP contribution in [0.5, 0.6) is 0 Å². The van der Waals surface area contributed by atoms with Gasteiger partial charge in [0.05, 0.1) is 0 Å². The Morgan fingerprint density at radius 2 is 1.90 bits per heavy atom. The molecule has 0 amide bonds. The Hall–Kier alpha value is -1.65. The molecule has 5 heteroatoms. The summed E-state index contributed by atoms with van der Waals surface area (Å²) in [6.07, 6.45) is 0.774. The van der Waals surface area contributed by atoms with Crippen LogP contribution in [0, 0.1) is 12.7 Å². The van der Waals surface area contributed by atoms with Crippen molar-refractivity contribution in [3.05, 3.63) is 64.4 Å². The summed E-state index contributed by atoms with van der Waals surface area (Å²) in [5, 5.41) is 7.45. The van der Waals surface area contributed by atoms with Crippen LogP contribution in [-0.2, 0) is 6.42 Å². The van der Waals surface area contributed by atoms with Crippen molar-refractivity contribution in [2.24, 2.45) is 0 Å². The van der Waals surface area contributed by atoms with Gasteiger partial charge in [0, 0.05) is 17.3 Å². The predicted molar refractivity (Wildman–Crippen MR) is 90.5 cm³/mol. The average Bonchev–Trinajstić information content (AvgIpc) is 2.45. The molecular weight excluding hydrogens is 307 g/mol. The number of halogens is 2. The molecule has 0 aliphatic heterocycles.